The van der Waals surface area contributed by atoms with Gasteiger partial charge in [0, 0.05) is 0 Å². The summed E-state index contributed by atoms with van der Waals surface area (Å²) in [5.41, 5.74) is -0.790. The molecule has 0 amide bonds. The van der Waals surface area contributed by atoms with E-state index in [1.165, 1.54) is 50.6 Å². The largest absolute Gasteiger partial charge is 0.417 e. The number of nitrogens with one attached hydrogen (secondary N) is 1. The summed E-state index contributed by atoms with van der Waals surface area (Å²) in [6.07, 6.45) is -0.134. The highest BCUT2D eigenvalue weighted by atomic mass is 35.5. The highest BCUT2D eigenvalue weighted by molar-refractivity contribution is 6.31. The van der Waals surface area contributed by atoms with Crippen molar-refractivity contribution in [3.8, 4) is 0 Å². The number of rotatable bonds is 0. The first kappa shape index (κ1) is 14.3. The average molecular weight is 266 g/mol. The van der Waals surface area contributed by atoms with Crippen LogP contribution in [0.2, 0.25) is 5.02 Å². The second-order valence-corrected chi connectivity index (χ2v) is 4.20. The van der Waals surface area contributed by atoms with Gasteiger partial charge in [-0.2, -0.15) is 13.2 Å². The normalized spacial score (nSPS) is 16.0. The zero-order valence-corrected chi connectivity index (χ0v) is 10.1. The minimum Gasteiger partial charge on any atom is -0.317 e. The van der Waals surface area contributed by atoms with Gasteiger partial charge in [0.05, 0.1) is 10.6 Å². The van der Waals surface area contributed by atoms with Gasteiger partial charge in [-0.05, 0) is 38.1 Å². The van der Waals surface area contributed by atoms with Crippen molar-refractivity contribution in [1.29, 1.82) is 0 Å². The van der Waals surface area contributed by atoms with Crippen molar-refractivity contribution in [3.63, 3.8) is 0 Å². The van der Waals surface area contributed by atoms with Gasteiger partial charge in [0.15, 0.2) is 0 Å². The maximum Gasteiger partial charge on any atom is 0.417 e. The molecule has 1 aliphatic heterocycles. The van der Waals surface area contributed by atoms with E-state index in [-0.39, 0.29) is 5.02 Å². The van der Waals surface area contributed by atoms with Crippen LogP contribution in [0.5, 0.6) is 0 Å². The van der Waals surface area contributed by atoms with E-state index in [1.54, 1.807) is 0 Å². The highest BCUT2D eigenvalue weighted by Crippen LogP contribution is 2.33. The molecule has 1 heterocycles. The summed E-state index contributed by atoms with van der Waals surface area (Å²) in [6.45, 7) is 2.50. The highest BCUT2D eigenvalue weighted by Gasteiger charge is 2.32. The molecule has 1 aliphatic rings. The Morgan fingerprint density at radius 3 is 1.88 bits per heavy atom. The van der Waals surface area contributed by atoms with Crippen LogP contribution in [-0.2, 0) is 6.18 Å². The minimum atomic E-state index is -4.35. The van der Waals surface area contributed by atoms with Gasteiger partial charge in [-0.3, -0.25) is 0 Å². The SMILES string of the molecule is C1CCNCC1.FC(F)(F)c1ccccc1Cl. The summed E-state index contributed by atoms with van der Waals surface area (Å²) in [6, 6.07) is 4.92. The van der Waals surface area contributed by atoms with Crippen LogP contribution in [0, 0.1) is 0 Å². The molecule has 1 nitrogen and oxygen atoms in total. The fourth-order valence-corrected chi connectivity index (χ4v) is 1.74. The number of halogens is 4. The third-order valence-electron chi connectivity index (χ3n) is 2.39. The van der Waals surface area contributed by atoms with E-state index >= 15 is 0 Å². The van der Waals surface area contributed by atoms with Crippen molar-refractivity contribution >= 4 is 11.6 Å². The van der Waals surface area contributed by atoms with E-state index in [0.29, 0.717) is 0 Å². The van der Waals surface area contributed by atoms with Gasteiger partial charge in [-0.1, -0.05) is 30.2 Å². The molecule has 1 aromatic rings. The summed E-state index contributed by atoms with van der Waals surface area (Å²) in [5.74, 6) is 0. The molecule has 2 rings (SSSR count). The van der Waals surface area contributed by atoms with Gasteiger partial charge in [-0.15, -0.1) is 0 Å². The minimum absolute atomic E-state index is 0.264. The van der Waals surface area contributed by atoms with Gasteiger partial charge < -0.3 is 5.32 Å². The maximum absolute atomic E-state index is 12.0. The number of benzene rings is 1. The van der Waals surface area contributed by atoms with Crippen molar-refractivity contribution in [2.75, 3.05) is 13.1 Å². The summed E-state index contributed by atoms with van der Waals surface area (Å²) in [4.78, 5) is 0. The molecular weight excluding hydrogens is 251 g/mol. The molecule has 1 aromatic carbocycles. The number of piperidine rings is 1. The van der Waals surface area contributed by atoms with E-state index in [4.69, 9.17) is 11.6 Å². The van der Waals surface area contributed by atoms with Crippen LogP contribution in [-0.4, -0.2) is 13.1 Å². The molecule has 5 heteroatoms. The average Bonchev–Trinajstić information content (AvgIpc) is 2.31. The molecular formula is C12H15ClF3N. The molecule has 0 atom stereocenters. The summed E-state index contributed by atoms with van der Waals surface area (Å²) in [5, 5.41) is 3.02. The van der Waals surface area contributed by atoms with E-state index in [0.717, 1.165) is 6.07 Å². The predicted octanol–water partition coefficient (Wildman–Crippen LogP) is 4.12. The van der Waals surface area contributed by atoms with Crippen LogP contribution >= 0.6 is 11.6 Å². The topological polar surface area (TPSA) is 12.0 Å². The van der Waals surface area contributed by atoms with E-state index in [9.17, 15) is 13.2 Å². The van der Waals surface area contributed by atoms with E-state index < -0.39 is 11.7 Å². The zero-order valence-electron chi connectivity index (χ0n) is 9.36. The van der Waals surface area contributed by atoms with Crippen LogP contribution in [0.15, 0.2) is 24.3 Å². The standard InChI is InChI=1S/C7H4ClF3.C5H11N/c8-6-4-2-1-3-5(6)7(9,10)11;1-2-4-6-5-3-1/h1-4H;6H,1-5H2. The van der Waals surface area contributed by atoms with Gasteiger partial charge >= 0.3 is 6.18 Å². The van der Waals surface area contributed by atoms with Gasteiger partial charge in [0.25, 0.3) is 0 Å². The third-order valence-corrected chi connectivity index (χ3v) is 2.72. The first-order valence-corrected chi connectivity index (χ1v) is 5.92. The lowest BCUT2D eigenvalue weighted by atomic mass is 10.2. The fraction of sp³-hybridized carbons (Fsp3) is 0.500. The van der Waals surface area contributed by atoms with Crippen molar-refractivity contribution < 1.29 is 13.2 Å². The molecule has 0 aliphatic carbocycles. The quantitative estimate of drug-likeness (QED) is 0.744. The van der Waals surface area contributed by atoms with Gasteiger partial charge in [-0.25, -0.2) is 0 Å². The number of hydrogen-bond acceptors (Lipinski definition) is 1. The summed E-state index contributed by atoms with van der Waals surface area (Å²) in [7, 11) is 0. The lowest BCUT2D eigenvalue weighted by Gasteiger charge is -2.08. The molecule has 96 valence electrons. The van der Waals surface area contributed by atoms with Gasteiger partial charge in [0.2, 0.25) is 0 Å². The molecule has 0 bridgehead atoms. The second-order valence-electron chi connectivity index (χ2n) is 3.79. The third kappa shape index (κ3) is 5.41. The Morgan fingerprint density at radius 1 is 1.00 bits per heavy atom. The molecule has 1 saturated heterocycles. The van der Waals surface area contributed by atoms with Crippen molar-refractivity contribution in [3.05, 3.63) is 34.9 Å². The molecule has 0 aromatic heterocycles. The predicted molar refractivity (Wildman–Crippen MR) is 63.2 cm³/mol. The summed E-state index contributed by atoms with van der Waals surface area (Å²) < 4.78 is 35.9. The maximum atomic E-state index is 12.0. The smallest absolute Gasteiger partial charge is 0.317 e. The van der Waals surface area contributed by atoms with E-state index in [1.807, 2.05) is 0 Å². The molecule has 0 unspecified atom stereocenters. The molecule has 0 spiro atoms. The molecule has 1 N–H and O–H groups in total. The monoisotopic (exact) mass is 265 g/mol. The lowest BCUT2D eigenvalue weighted by molar-refractivity contribution is -0.137. The van der Waals surface area contributed by atoms with Crippen molar-refractivity contribution in [2.45, 2.75) is 25.4 Å². The first-order valence-electron chi connectivity index (χ1n) is 5.54. The number of alkyl halides is 3. The lowest BCUT2D eigenvalue weighted by Crippen LogP contribution is -2.21. The van der Waals surface area contributed by atoms with Crippen LogP contribution in [0.4, 0.5) is 13.2 Å². The Morgan fingerprint density at radius 2 is 1.59 bits per heavy atom. The van der Waals surface area contributed by atoms with Crippen LogP contribution in [0.3, 0.4) is 0 Å². The second kappa shape index (κ2) is 6.87. The first-order chi connectivity index (χ1) is 8.02. The fourth-order valence-electron chi connectivity index (χ4n) is 1.49. The Labute approximate surface area is 104 Å². The molecule has 17 heavy (non-hydrogen) atoms. The summed E-state index contributed by atoms with van der Waals surface area (Å²) >= 11 is 5.29. The Balaban J connectivity index is 0.000000202. The number of hydrogen-bond donors (Lipinski definition) is 1. The van der Waals surface area contributed by atoms with Crippen molar-refractivity contribution in [1.82, 2.24) is 5.32 Å². The Kier molecular flexibility index (Phi) is 5.78. The molecule has 0 saturated carbocycles. The van der Waals surface area contributed by atoms with Crippen molar-refractivity contribution in [2.24, 2.45) is 0 Å². The Hall–Kier alpha value is -0.740. The Bertz CT molecular complexity index is 323. The molecule has 0 radical (unpaired) electrons. The zero-order chi connectivity index (χ0) is 12.7. The van der Waals surface area contributed by atoms with E-state index in [2.05, 4.69) is 5.32 Å². The van der Waals surface area contributed by atoms with Crippen LogP contribution in [0.1, 0.15) is 24.8 Å². The van der Waals surface area contributed by atoms with Crippen LogP contribution < -0.4 is 5.32 Å². The molecule has 1 fully saturated rings. The van der Waals surface area contributed by atoms with Crippen LogP contribution in [0.25, 0.3) is 0 Å². The van der Waals surface area contributed by atoms with Gasteiger partial charge in [0.1, 0.15) is 0 Å².